The molecule has 27 heavy (non-hydrogen) atoms. The number of carboxylic acid groups (broad SMARTS) is 1. The summed E-state index contributed by atoms with van der Waals surface area (Å²) in [6.45, 7) is 3.66. The Hall–Kier alpha value is -2.43. The molecule has 1 rings (SSSR count). The van der Waals surface area contributed by atoms with E-state index in [1.54, 1.807) is 0 Å². The Morgan fingerprint density at radius 1 is 1.19 bits per heavy atom. The summed E-state index contributed by atoms with van der Waals surface area (Å²) in [6, 6.07) is -0.872. The molecule has 0 bridgehead atoms. The van der Waals surface area contributed by atoms with Crippen LogP contribution in [0.15, 0.2) is 12.2 Å². The van der Waals surface area contributed by atoms with Gasteiger partial charge in [-0.25, -0.2) is 9.74 Å². The molecule has 1 aliphatic rings. The minimum Gasteiger partial charge on any atom is -0.480 e. The Labute approximate surface area is 154 Å². The highest BCUT2D eigenvalue weighted by atomic mass is 19.3. The zero-order valence-corrected chi connectivity index (χ0v) is 15.2. The molecule has 2 amide bonds. The van der Waals surface area contributed by atoms with Gasteiger partial charge in [0.05, 0.1) is 0 Å². The summed E-state index contributed by atoms with van der Waals surface area (Å²) in [7, 11) is 0. The molecule has 0 unspecified atom stereocenters. The monoisotopic (exact) mass is 396 g/mol. The summed E-state index contributed by atoms with van der Waals surface area (Å²) < 4.78 is 36.3. The second-order valence-electron chi connectivity index (χ2n) is 6.79. The number of alkyl halides is 2. The molecule has 0 saturated heterocycles. The number of unbranched alkanes of at least 4 members (excludes halogenated alkanes) is 1. The van der Waals surface area contributed by atoms with Crippen molar-refractivity contribution in [2.45, 2.75) is 52.0 Å². The molecule has 3 N–H and O–H groups in total. The summed E-state index contributed by atoms with van der Waals surface area (Å²) in [6.07, 6.45) is 3.94. The van der Waals surface area contributed by atoms with Crippen molar-refractivity contribution in [3.8, 4) is 0 Å². The van der Waals surface area contributed by atoms with Crippen LogP contribution in [0, 0.1) is 5.41 Å². The van der Waals surface area contributed by atoms with Gasteiger partial charge in [-0.1, -0.05) is 20.8 Å². The molecule has 1 aliphatic heterocycles. The van der Waals surface area contributed by atoms with Gasteiger partial charge >= 0.3 is 17.9 Å². The number of imide groups is 1. The van der Waals surface area contributed by atoms with Crippen molar-refractivity contribution < 1.29 is 42.5 Å². The standard InChI is InChI=1S/C10H14N2O4.C6H9F3O2/c11-7(10(15)16)3-1-2-6-12-8(13)4-5-9(12)14;1-5(2,3)6(7,8)4(10)11-9/h4-5,7H,1-3,6,11H2,(H,15,16);1-3H3/t7-;/m0./s1. The van der Waals surface area contributed by atoms with Gasteiger partial charge in [0, 0.05) is 28.6 Å². The highest BCUT2D eigenvalue weighted by molar-refractivity contribution is 6.12. The maximum Gasteiger partial charge on any atom is 0.418 e. The fourth-order valence-electron chi connectivity index (χ4n) is 1.76. The van der Waals surface area contributed by atoms with Crippen molar-refractivity contribution in [3.05, 3.63) is 12.2 Å². The van der Waals surface area contributed by atoms with Crippen LogP contribution >= 0.6 is 0 Å². The second kappa shape index (κ2) is 10.0. The Morgan fingerprint density at radius 2 is 1.67 bits per heavy atom. The molecule has 1 heterocycles. The number of halogens is 3. The molecule has 0 aromatic heterocycles. The summed E-state index contributed by atoms with van der Waals surface area (Å²) in [5, 5.41) is 8.52. The molecule has 8 nitrogen and oxygen atoms in total. The van der Waals surface area contributed by atoms with Gasteiger partial charge in [0.2, 0.25) is 0 Å². The van der Waals surface area contributed by atoms with Gasteiger partial charge in [-0.05, 0) is 19.3 Å². The fourth-order valence-corrected chi connectivity index (χ4v) is 1.76. The first-order chi connectivity index (χ1) is 12.3. The molecule has 154 valence electrons. The van der Waals surface area contributed by atoms with Crippen molar-refractivity contribution in [2.75, 3.05) is 6.54 Å². The van der Waals surface area contributed by atoms with Crippen LogP contribution in [0.2, 0.25) is 0 Å². The summed E-state index contributed by atoms with van der Waals surface area (Å²) in [5.41, 5.74) is 3.68. The lowest BCUT2D eigenvalue weighted by atomic mass is 9.88. The van der Waals surface area contributed by atoms with E-state index in [2.05, 4.69) is 4.94 Å². The first kappa shape index (κ1) is 24.6. The van der Waals surface area contributed by atoms with Gasteiger partial charge in [0.15, 0.2) is 0 Å². The molecular formula is C16H23F3N2O6. The number of carbonyl (C=O) groups is 4. The van der Waals surface area contributed by atoms with Crippen molar-refractivity contribution in [3.63, 3.8) is 0 Å². The Morgan fingerprint density at radius 3 is 2.00 bits per heavy atom. The number of nitrogens with two attached hydrogens (primary N) is 1. The van der Waals surface area contributed by atoms with Crippen LogP contribution in [0.4, 0.5) is 13.3 Å². The van der Waals surface area contributed by atoms with E-state index in [4.69, 9.17) is 10.8 Å². The predicted molar refractivity (Wildman–Crippen MR) is 86.9 cm³/mol. The van der Waals surface area contributed by atoms with E-state index in [0.29, 0.717) is 25.8 Å². The highest BCUT2D eigenvalue weighted by Gasteiger charge is 2.52. The van der Waals surface area contributed by atoms with Gasteiger partial charge in [0.1, 0.15) is 6.04 Å². The first-order valence-electron chi connectivity index (χ1n) is 7.98. The molecule has 0 aliphatic carbocycles. The molecular weight excluding hydrogens is 373 g/mol. The van der Waals surface area contributed by atoms with Gasteiger partial charge in [-0.15, -0.1) is 0 Å². The Kier molecular flexibility index (Phi) is 9.14. The molecule has 0 spiro atoms. The predicted octanol–water partition coefficient (Wildman–Crippen LogP) is 1.59. The van der Waals surface area contributed by atoms with E-state index >= 15 is 0 Å². The van der Waals surface area contributed by atoms with Gasteiger partial charge < -0.3 is 10.8 Å². The summed E-state index contributed by atoms with van der Waals surface area (Å²) in [4.78, 5) is 46.4. The number of carboxylic acids is 1. The fraction of sp³-hybridized carbons (Fsp3) is 0.625. The smallest absolute Gasteiger partial charge is 0.418 e. The van der Waals surface area contributed by atoms with Gasteiger partial charge in [0.25, 0.3) is 11.8 Å². The van der Waals surface area contributed by atoms with Crippen molar-refractivity contribution in [2.24, 2.45) is 11.1 Å². The number of carbonyl (C=O) groups excluding carboxylic acids is 3. The highest BCUT2D eigenvalue weighted by Crippen LogP contribution is 2.36. The van der Waals surface area contributed by atoms with Gasteiger partial charge in [-0.2, -0.15) is 8.78 Å². The number of hydrogen-bond donors (Lipinski definition) is 2. The minimum absolute atomic E-state index is 0.312. The van der Waals surface area contributed by atoms with E-state index in [-0.39, 0.29) is 11.8 Å². The molecule has 0 fully saturated rings. The third-order valence-corrected chi connectivity index (χ3v) is 3.63. The minimum atomic E-state index is -3.79. The molecule has 0 radical (unpaired) electrons. The Bertz CT molecular complexity index is 583. The van der Waals surface area contributed by atoms with Crippen LogP contribution in [0.3, 0.4) is 0 Å². The largest absolute Gasteiger partial charge is 0.480 e. The average molecular weight is 396 g/mol. The topological polar surface area (TPSA) is 127 Å². The SMILES string of the molecule is CC(C)(C)C(F)(F)C(=O)OF.N[C@@H](CCCCN1C(=O)C=CC1=O)C(=O)O. The normalized spacial score (nSPS) is 15.3. The van der Waals surface area contributed by atoms with Crippen LogP contribution < -0.4 is 5.73 Å². The van der Waals surface area contributed by atoms with E-state index in [1.165, 1.54) is 12.2 Å². The zero-order valence-electron chi connectivity index (χ0n) is 15.2. The van der Waals surface area contributed by atoms with E-state index in [0.717, 1.165) is 25.7 Å². The third-order valence-electron chi connectivity index (χ3n) is 3.63. The molecule has 0 saturated carbocycles. The van der Waals surface area contributed by atoms with Crippen LogP contribution in [0.5, 0.6) is 0 Å². The maximum atomic E-state index is 12.6. The van der Waals surface area contributed by atoms with Crippen LogP contribution in [0.25, 0.3) is 0 Å². The number of rotatable bonds is 7. The zero-order chi connectivity index (χ0) is 21.4. The van der Waals surface area contributed by atoms with Gasteiger partial charge in [-0.3, -0.25) is 19.3 Å². The first-order valence-corrected chi connectivity index (χ1v) is 7.98. The quantitative estimate of drug-likeness (QED) is 0.494. The van der Waals surface area contributed by atoms with E-state index in [9.17, 15) is 32.5 Å². The summed E-state index contributed by atoms with van der Waals surface area (Å²) >= 11 is 0. The average Bonchev–Trinajstić information content (AvgIpc) is 2.88. The van der Waals surface area contributed by atoms with E-state index < -0.39 is 29.3 Å². The van der Waals surface area contributed by atoms with E-state index in [1.807, 2.05) is 0 Å². The number of nitrogens with zero attached hydrogens (tertiary/aromatic N) is 1. The van der Waals surface area contributed by atoms with Crippen molar-refractivity contribution in [1.29, 1.82) is 0 Å². The van der Waals surface area contributed by atoms with Crippen molar-refractivity contribution in [1.82, 2.24) is 4.90 Å². The molecule has 11 heteroatoms. The number of hydrogen-bond acceptors (Lipinski definition) is 6. The molecule has 0 aromatic carbocycles. The summed E-state index contributed by atoms with van der Waals surface area (Å²) in [5.74, 6) is -7.60. The molecule has 0 aromatic rings. The van der Waals surface area contributed by atoms with Crippen LogP contribution in [0.1, 0.15) is 40.0 Å². The lowest BCUT2D eigenvalue weighted by molar-refractivity contribution is -0.225. The van der Waals surface area contributed by atoms with Crippen LogP contribution in [-0.4, -0.2) is 52.3 Å². The van der Waals surface area contributed by atoms with Crippen LogP contribution in [-0.2, 0) is 24.1 Å². The Balaban J connectivity index is 0.000000541. The number of aliphatic carboxylic acids is 1. The lowest BCUT2D eigenvalue weighted by Gasteiger charge is -2.25. The third kappa shape index (κ3) is 7.37. The second-order valence-corrected chi connectivity index (χ2v) is 6.79. The molecule has 1 atom stereocenters. The lowest BCUT2D eigenvalue weighted by Crippen LogP contribution is -2.42. The number of amides is 2. The maximum absolute atomic E-state index is 12.6. The van der Waals surface area contributed by atoms with Crippen molar-refractivity contribution >= 4 is 23.8 Å².